The van der Waals surface area contributed by atoms with Crippen molar-refractivity contribution in [3.8, 4) is 0 Å². The third-order valence-corrected chi connectivity index (χ3v) is 3.99. The number of sulfonamides is 1. The van der Waals surface area contributed by atoms with Gasteiger partial charge in [0.05, 0.1) is 12.9 Å². The SMILES string of the molecule is CCOC(=O)/C=C/C=C1CCN(S(C)(=O)=O)CC1. The first-order chi connectivity index (χ1) is 8.43. The van der Waals surface area contributed by atoms with Crippen LogP contribution in [0.15, 0.2) is 23.8 Å². The van der Waals surface area contributed by atoms with Crippen LogP contribution in [0.5, 0.6) is 0 Å². The lowest BCUT2D eigenvalue weighted by molar-refractivity contribution is -0.137. The van der Waals surface area contributed by atoms with Crippen molar-refractivity contribution in [3.63, 3.8) is 0 Å². The first-order valence-electron chi connectivity index (χ1n) is 5.91. The molecule has 0 radical (unpaired) electrons. The predicted octanol–water partition coefficient (Wildman–Crippen LogP) is 1.09. The van der Waals surface area contributed by atoms with E-state index in [9.17, 15) is 13.2 Å². The molecule has 0 aromatic carbocycles. The van der Waals surface area contributed by atoms with Crippen molar-refractivity contribution in [1.29, 1.82) is 0 Å². The topological polar surface area (TPSA) is 63.7 Å². The van der Waals surface area contributed by atoms with E-state index in [0.717, 1.165) is 5.57 Å². The van der Waals surface area contributed by atoms with E-state index >= 15 is 0 Å². The van der Waals surface area contributed by atoms with Gasteiger partial charge in [-0.05, 0) is 19.8 Å². The van der Waals surface area contributed by atoms with Crippen molar-refractivity contribution in [1.82, 2.24) is 4.31 Å². The molecule has 0 aliphatic carbocycles. The number of rotatable bonds is 4. The molecule has 5 nitrogen and oxygen atoms in total. The summed E-state index contributed by atoms with van der Waals surface area (Å²) in [5.41, 5.74) is 1.15. The van der Waals surface area contributed by atoms with Crippen molar-refractivity contribution in [2.75, 3.05) is 26.0 Å². The fourth-order valence-electron chi connectivity index (χ4n) is 1.72. The smallest absolute Gasteiger partial charge is 0.330 e. The standard InChI is InChI=1S/C12H19NO4S/c1-3-17-12(14)6-4-5-11-7-9-13(10-8-11)18(2,15)16/h4-6H,3,7-10H2,1-2H3/b6-4+. The van der Waals surface area contributed by atoms with Gasteiger partial charge in [-0.15, -0.1) is 0 Å². The van der Waals surface area contributed by atoms with Gasteiger partial charge in [0.15, 0.2) is 0 Å². The number of piperidine rings is 1. The maximum absolute atomic E-state index is 11.3. The summed E-state index contributed by atoms with van der Waals surface area (Å²) in [6.45, 7) is 3.14. The first kappa shape index (κ1) is 14.9. The van der Waals surface area contributed by atoms with E-state index in [0.29, 0.717) is 32.5 Å². The molecule has 0 saturated carbocycles. The van der Waals surface area contributed by atoms with Gasteiger partial charge in [-0.2, -0.15) is 0 Å². The Balaban J connectivity index is 2.46. The quantitative estimate of drug-likeness (QED) is 0.568. The van der Waals surface area contributed by atoms with Crippen molar-refractivity contribution in [2.45, 2.75) is 19.8 Å². The van der Waals surface area contributed by atoms with Gasteiger partial charge in [0.25, 0.3) is 0 Å². The highest BCUT2D eigenvalue weighted by molar-refractivity contribution is 7.88. The van der Waals surface area contributed by atoms with E-state index in [-0.39, 0.29) is 5.97 Å². The maximum atomic E-state index is 11.3. The van der Waals surface area contributed by atoms with Crippen LogP contribution in [0.4, 0.5) is 0 Å². The third-order valence-electron chi connectivity index (χ3n) is 2.68. The molecule has 18 heavy (non-hydrogen) atoms. The van der Waals surface area contributed by atoms with Crippen LogP contribution in [0.3, 0.4) is 0 Å². The summed E-state index contributed by atoms with van der Waals surface area (Å²) in [5, 5.41) is 0. The lowest BCUT2D eigenvalue weighted by Crippen LogP contribution is -2.35. The number of hydrogen-bond acceptors (Lipinski definition) is 4. The van der Waals surface area contributed by atoms with Gasteiger partial charge in [0, 0.05) is 19.2 Å². The highest BCUT2D eigenvalue weighted by Gasteiger charge is 2.20. The molecular weight excluding hydrogens is 254 g/mol. The number of hydrogen-bond donors (Lipinski definition) is 0. The first-order valence-corrected chi connectivity index (χ1v) is 7.76. The zero-order valence-electron chi connectivity index (χ0n) is 10.8. The average molecular weight is 273 g/mol. The molecule has 1 fully saturated rings. The van der Waals surface area contributed by atoms with Gasteiger partial charge in [-0.3, -0.25) is 0 Å². The Hall–Kier alpha value is -1.14. The molecule has 0 aromatic heterocycles. The maximum Gasteiger partial charge on any atom is 0.330 e. The lowest BCUT2D eigenvalue weighted by Gasteiger charge is -2.25. The molecule has 1 aliphatic rings. The largest absolute Gasteiger partial charge is 0.463 e. The van der Waals surface area contributed by atoms with Gasteiger partial charge in [-0.25, -0.2) is 17.5 Å². The van der Waals surface area contributed by atoms with Crippen LogP contribution in [0.2, 0.25) is 0 Å². The minimum absolute atomic E-state index is 0.358. The van der Waals surface area contributed by atoms with Gasteiger partial charge >= 0.3 is 5.97 Å². The molecule has 1 rings (SSSR count). The second kappa shape index (κ2) is 6.70. The molecular formula is C12H19NO4S. The van der Waals surface area contributed by atoms with Crippen LogP contribution in [0.1, 0.15) is 19.8 Å². The van der Waals surface area contributed by atoms with Crippen LogP contribution in [-0.4, -0.2) is 44.6 Å². The van der Waals surface area contributed by atoms with Crippen LogP contribution in [0.25, 0.3) is 0 Å². The Morgan fingerprint density at radius 2 is 2.00 bits per heavy atom. The van der Waals surface area contributed by atoms with Crippen LogP contribution >= 0.6 is 0 Å². The monoisotopic (exact) mass is 273 g/mol. The fourth-order valence-corrected chi connectivity index (χ4v) is 2.57. The molecule has 1 saturated heterocycles. The van der Waals surface area contributed by atoms with Crippen molar-refractivity contribution >= 4 is 16.0 Å². The Bertz CT molecular complexity index is 441. The Labute approximate surface area is 108 Å². The number of carbonyl (C=O) groups excluding carboxylic acids is 1. The summed E-state index contributed by atoms with van der Waals surface area (Å²) in [6.07, 6.45) is 7.53. The van der Waals surface area contributed by atoms with E-state index in [1.165, 1.54) is 16.6 Å². The van der Waals surface area contributed by atoms with Crippen LogP contribution in [-0.2, 0) is 19.6 Å². The Kier molecular flexibility index (Phi) is 5.55. The molecule has 102 valence electrons. The molecule has 1 heterocycles. The number of ether oxygens (including phenoxy) is 1. The summed E-state index contributed by atoms with van der Waals surface area (Å²) in [6, 6.07) is 0. The van der Waals surface area contributed by atoms with E-state index in [1.54, 1.807) is 13.0 Å². The van der Waals surface area contributed by atoms with E-state index in [1.807, 2.05) is 6.08 Å². The molecule has 1 aliphatic heterocycles. The van der Waals surface area contributed by atoms with Gasteiger partial charge in [-0.1, -0.05) is 17.7 Å². The summed E-state index contributed by atoms with van der Waals surface area (Å²) in [5.74, 6) is -0.358. The predicted molar refractivity (Wildman–Crippen MR) is 69.5 cm³/mol. The van der Waals surface area contributed by atoms with Crippen LogP contribution in [0, 0.1) is 0 Å². The average Bonchev–Trinajstić information content (AvgIpc) is 2.29. The summed E-state index contributed by atoms with van der Waals surface area (Å²) < 4.78 is 28.8. The lowest BCUT2D eigenvalue weighted by atomic mass is 10.1. The van der Waals surface area contributed by atoms with Crippen LogP contribution < -0.4 is 0 Å². The number of carbonyl (C=O) groups is 1. The fraction of sp³-hybridized carbons (Fsp3) is 0.583. The molecule has 0 unspecified atom stereocenters. The summed E-state index contributed by atoms with van der Waals surface area (Å²) in [7, 11) is -3.08. The zero-order valence-corrected chi connectivity index (χ0v) is 11.6. The molecule has 6 heteroatoms. The van der Waals surface area contributed by atoms with E-state index < -0.39 is 10.0 Å². The van der Waals surface area contributed by atoms with E-state index in [4.69, 9.17) is 4.74 Å². The second-order valence-electron chi connectivity index (χ2n) is 4.10. The normalized spacial score (nSPS) is 18.0. The second-order valence-corrected chi connectivity index (χ2v) is 6.08. The van der Waals surface area contributed by atoms with Crippen molar-refractivity contribution in [3.05, 3.63) is 23.8 Å². The Morgan fingerprint density at radius 1 is 1.39 bits per heavy atom. The highest BCUT2D eigenvalue weighted by atomic mass is 32.2. The molecule has 0 spiro atoms. The minimum Gasteiger partial charge on any atom is -0.463 e. The molecule has 0 N–H and O–H groups in total. The summed E-state index contributed by atoms with van der Waals surface area (Å²) >= 11 is 0. The van der Waals surface area contributed by atoms with Gasteiger partial charge in [0.1, 0.15) is 0 Å². The number of nitrogens with zero attached hydrogens (tertiary/aromatic N) is 1. The Morgan fingerprint density at radius 3 is 2.50 bits per heavy atom. The molecule has 0 aromatic rings. The minimum atomic E-state index is -3.08. The third kappa shape index (κ3) is 5.01. The van der Waals surface area contributed by atoms with Crippen molar-refractivity contribution < 1.29 is 17.9 Å². The van der Waals surface area contributed by atoms with E-state index in [2.05, 4.69) is 0 Å². The van der Waals surface area contributed by atoms with Gasteiger partial charge < -0.3 is 4.74 Å². The molecule has 0 atom stereocenters. The van der Waals surface area contributed by atoms with Gasteiger partial charge in [0.2, 0.25) is 10.0 Å². The molecule has 0 bridgehead atoms. The van der Waals surface area contributed by atoms with Crippen molar-refractivity contribution in [2.24, 2.45) is 0 Å². The molecule has 0 amide bonds. The number of esters is 1. The number of allylic oxidation sites excluding steroid dienone is 2. The zero-order chi connectivity index (χ0) is 13.6. The summed E-state index contributed by atoms with van der Waals surface area (Å²) in [4.78, 5) is 11.0. The highest BCUT2D eigenvalue weighted by Crippen LogP contribution is 2.18.